The Balaban J connectivity index is 1.90. The summed E-state index contributed by atoms with van der Waals surface area (Å²) in [6.07, 6.45) is 12.6. The normalized spacial score (nSPS) is 20.1. The van der Waals surface area contributed by atoms with E-state index in [2.05, 4.69) is 37.5 Å². The molecule has 106 valence electrons. The van der Waals surface area contributed by atoms with Gasteiger partial charge in [-0.25, -0.2) is 0 Å². The summed E-state index contributed by atoms with van der Waals surface area (Å²) in [5, 5.41) is 0. The Morgan fingerprint density at radius 3 is 2.05 bits per heavy atom. The van der Waals surface area contributed by atoms with E-state index in [1.165, 1.54) is 38.5 Å². The van der Waals surface area contributed by atoms with Gasteiger partial charge in [-0.2, -0.15) is 0 Å². The first-order chi connectivity index (χ1) is 9.38. The van der Waals surface area contributed by atoms with Crippen molar-refractivity contribution in [3.63, 3.8) is 0 Å². The zero-order chi connectivity index (χ0) is 13.8. The predicted molar refractivity (Wildman–Crippen MR) is 81.7 cm³/mol. The lowest BCUT2D eigenvalue weighted by Gasteiger charge is -1.96. The van der Waals surface area contributed by atoms with Crippen LogP contribution in [0.5, 0.6) is 0 Å². The summed E-state index contributed by atoms with van der Waals surface area (Å²) in [6, 6.07) is 0. The maximum absolute atomic E-state index is 5.53. The molecule has 2 atom stereocenters. The molecule has 0 amide bonds. The van der Waals surface area contributed by atoms with Gasteiger partial charge >= 0.3 is 0 Å². The fourth-order valence-corrected chi connectivity index (χ4v) is 2.09. The second-order valence-electron chi connectivity index (χ2n) is 5.20. The van der Waals surface area contributed by atoms with Crippen LogP contribution in [0.2, 0.25) is 0 Å². The molecule has 0 N–H and O–H groups in total. The van der Waals surface area contributed by atoms with Crippen molar-refractivity contribution in [1.82, 2.24) is 0 Å². The molecule has 1 saturated heterocycles. The molecule has 0 saturated carbocycles. The lowest BCUT2D eigenvalue weighted by Crippen LogP contribution is -1.90. The first-order valence-electron chi connectivity index (χ1n) is 7.95. The van der Waals surface area contributed by atoms with Crippen LogP contribution in [0.1, 0.15) is 78.1 Å². The highest BCUT2D eigenvalue weighted by atomic mass is 16.6. The van der Waals surface area contributed by atoms with Gasteiger partial charge in [-0.05, 0) is 6.42 Å². The molecule has 0 aliphatic carbocycles. The highest BCUT2D eigenvalue weighted by Gasteiger charge is 2.36. The van der Waals surface area contributed by atoms with E-state index in [1.54, 1.807) is 0 Å². The number of hydrogen-bond donors (Lipinski definition) is 0. The zero-order valence-electron chi connectivity index (χ0n) is 12.6. The van der Waals surface area contributed by atoms with Crippen molar-refractivity contribution in [1.29, 1.82) is 0 Å². The third-order valence-corrected chi connectivity index (χ3v) is 3.38. The SMILES string of the molecule is CCC#CC[C@@H]1O[C@@H]1CC#CCCCCCCCC. The second-order valence-corrected chi connectivity index (χ2v) is 5.20. The Morgan fingerprint density at radius 1 is 0.737 bits per heavy atom. The summed E-state index contributed by atoms with van der Waals surface area (Å²) < 4.78 is 5.53. The molecule has 1 fully saturated rings. The van der Waals surface area contributed by atoms with Gasteiger partial charge in [0.25, 0.3) is 0 Å². The standard InChI is InChI=1S/C18H28O/c1-3-5-7-8-9-10-11-12-14-16-18-17(19-18)15-13-6-4-2/h17-18H,3-5,7-11,15-16H2,1-2H3/t17-,18+/m0/s1. The summed E-state index contributed by atoms with van der Waals surface area (Å²) in [5.41, 5.74) is 0. The van der Waals surface area contributed by atoms with Gasteiger partial charge in [-0.15, -0.1) is 23.7 Å². The number of hydrogen-bond acceptors (Lipinski definition) is 1. The number of ether oxygens (including phenoxy) is 1. The number of epoxide rings is 1. The van der Waals surface area contributed by atoms with E-state index < -0.39 is 0 Å². The molecule has 1 aliphatic heterocycles. The Labute approximate surface area is 119 Å². The average molecular weight is 260 g/mol. The first-order valence-corrected chi connectivity index (χ1v) is 7.95. The van der Waals surface area contributed by atoms with Gasteiger partial charge in [0.2, 0.25) is 0 Å². The van der Waals surface area contributed by atoms with E-state index in [-0.39, 0.29) is 0 Å². The van der Waals surface area contributed by atoms with Gasteiger partial charge in [0.05, 0.1) is 12.2 Å². The predicted octanol–water partition coefficient (Wildman–Crippen LogP) is 4.70. The van der Waals surface area contributed by atoms with E-state index in [1.807, 2.05) is 0 Å². The summed E-state index contributed by atoms with van der Waals surface area (Å²) in [7, 11) is 0. The fourth-order valence-electron chi connectivity index (χ4n) is 2.09. The summed E-state index contributed by atoms with van der Waals surface area (Å²) in [5.74, 6) is 12.7. The van der Waals surface area contributed by atoms with E-state index in [4.69, 9.17) is 4.74 Å². The van der Waals surface area contributed by atoms with E-state index >= 15 is 0 Å². The third kappa shape index (κ3) is 8.74. The van der Waals surface area contributed by atoms with Gasteiger partial charge < -0.3 is 4.74 Å². The van der Waals surface area contributed by atoms with Gasteiger partial charge in [-0.1, -0.05) is 46.0 Å². The molecule has 1 aliphatic rings. The van der Waals surface area contributed by atoms with Crippen LogP contribution in [0.15, 0.2) is 0 Å². The van der Waals surface area contributed by atoms with Crippen LogP contribution in [0, 0.1) is 23.7 Å². The molecule has 0 aromatic carbocycles. The Kier molecular flexibility index (Phi) is 9.30. The van der Waals surface area contributed by atoms with Crippen LogP contribution in [-0.4, -0.2) is 12.2 Å². The highest BCUT2D eigenvalue weighted by molar-refractivity contribution is 5.08. The first kappa shape index (κ1) is 16.1. The van der Waals surface area contributed by atoms with E-state index in [0.29, 0.717) is 12.2 Å². The highest BCUT2D eigenvalue weighted by Crippen LogP contribution is 2.27. The maximum Gasteiger partial charge on any atom is 0.0960 e. The molecular weight excluding hydrogens is 232 g/mol. The maximum atomic E-state index is 5.53. The topological polar surface area (TPSA) is 12.5 Å². The van der Waals surface area contributed by atoms with Crippen LogP contribution in [0.25, 0.3) is 0 Å². The quantitative estimate of drug-likeness (QED) is 0.350. The molecular formula is C18H28O. The minimum atomic E-state index is 0.363. The Hall–Kier alpha value is -0.920. The van der Waals surface area contributed by atoms with Crippen molar-refractivity contribution in [2.45, 2.75) is 90.3 Å². The van der Waals surface area contributed by atoms with Crippen LogP contribution in [0.4, 0.5) is 0 Å². The largest absolute Gasteiger partial charge is 0.368 e. The summed E-state index contributed by atoms with van der Waals surface area (Å²) >= 11 is 0. The van der Waals surface area contributed by atoms with Crippen molar-refractivity contribution in [2.24, 2.45) is 0 Å². The van der Waals surface area contributed by atoms with Gasteiger partial charge in [0, 0.05) is 25.7 Å². The van der Waals surface area contributed by atoms with Crippen molar-refractivity contribution < 1.29 is 4.74 Å². The van der Waals surface area contributed by atoms with E-state index in [0.717, 1.165) is 25.7 Å². The van der Waals surface area contributed by atoms with Gasteiger partial charge in [0.1, 0.15) is 0 Å². The summed E-state index contributed by atoms with van der Waals surface area (Å²) in [4.78, 5) is 0. The van der Waals surface area contributed by atoms with Crippen molar-refractivity contribution in [3.8, 4) is 23.7 Å². The molecule has 0 aromatic rings. The van der Waals surface area contributed by atoms with Crippen LogP contribution in [-0.2, 0) is 4.74 Å². The molecule has 1 heterocycles. The molecule has 0 bridgehead atoms. The van der Waals surface area contributed by atoms with Crippen LogP contribution < -0.4 is 0 Å². The molecule has 0 aromatic heterocycles. The Morgan fingerprint density at radius 2 is 1.37 bits per heavy atom. The fraction of sp³-hybridized carbons (Fsp3) is 0.778. The lowest BCUT2D eigenvalue weighted by atomic mass is 10.1. The van der Waals surface area contributed by atoms with Crippen LogP contribution in [0.3, 0.4) is 0 Å². The summed E-state index contributed by atoms with van der Waals surface area (Å²) in [6.45, 7) is 4.33. The molecule has 1 nitrogen and oxygen atoms in total. The lowest BCUT2D eigenvalue weighted by molar-refractivity contribution is 0.374. The third-order valence-electron chi connectivity index (χ3n) is 3.38. The molecule has 0 spiro atoms. The number of unbranched alkanes of at least 4 members (excludes halogenated alkanes) is 6. The minimum absolute atomic E-state index is 0.363. The smallest absolute Gasteiger partial charge is 0.0960 e. The molecule has 0 radical (unpaired) electrons. The van der Waals surface area contributed by atoms with Gasteiger partial charge in [-0.3, -0.25) is 0 Å². The molecule has 1 heteroatoms. The second kappa shape index (κ2) is 11.0. The molecule has 0 unspecified atom stereocenters. The average Bonchev–Trinajstić information content (AvgIpc) is 3.16. The molecule has 1 rings (SSSR count). The molecule has 19 heavy (non-hydrogen) atoms. The van der Waals surface area contributed by atoms with Gasteiger partial charge in [0.15, 0.2) is 0 Å². The monoisotopic (exact) mass is 260 g/mol. The van der Waals surface area contributed by atoms with Crippen molar-refractivity contribution >= 4 is 0 Å². The number of rotatable bonds is 8. The minimum Gasteiger partial charge on any atom is -0.368 e. The van der Waals surface area contributed by atoms with E-state index in [9.17, 15) is 0 Å². The zero-order valence-corrected chi connectivity index (χ0v) is 12.6. The van der Waals surface area contributed by atoms with Crippen LogP contribution >= 0.6 is 0 Å². The van der Waals surface area contributed by atoms with Crippen molar-refractivity contribution in [3.05, 3.63) is 0 Å². The Bertz CT molecular complexity index is 336. The van der Waals surface area contributed by atoms with Crippen molar-refractivity contribution in [2.75, 3.05) is 0 Å².